The molecule has 0 aliphatic carbocycles. The summed E-state index contributed by atoms with van der Waals surface area (Å²) in [6.45, 7) is 1.84. The first-order chi connectivity index (χ1) is 12.1. The van der Waals surface area contributed by atoms with Gasteiger partial charge in [-0.15, -0.1) is 0 Å². The van der Waals surface area contributed by atoms with Crippen molar-refractivity contribution in [1.82, 2.24) is 9.55 Å². The van der Waals surface area contributed by atoms with Gasteiger partial charge >= 0.3 is 0 Å². The lowest BCUT2D eigenvalue weighted by Crippen LogP contribution is -2.33. The summed E-state index contributed by atoms with van der Waals surface area (Å²) < 4.78 is 15.3. The number of hydrogen-bond acceptors (Lipinski definition) is 3. The molecular formula is C19H18FN3OS. The highest BCUT2D eigenvalue weighted by molar-refractivity contribution is 8.00. The van der Waals surface area contributed by atoms with E-state index in [9.17, 15) is 9.18 Å². The maximum atomic E-state index is 13.5. The molecule has 0 bridgehead atoms. The average Bonchev–Trinajstić information content (AvgIpc) is 3.09. The summed E-state index contributed by atoms with van der Waals surface area (Å²) >= 11 is 1.35. The van der Waals surface area contributed by atoms with Gasteiger partial charge in [0.2, 0.25) is 5.91 Å². The molecule has 0 saturated carbocycles. The number of hydrogen-bond donors (Lipinski definition) is 0. The first-order valence-corrected chi connectivity index (χ1v) is 8.73. The number of rotatable bonds is 5. The number of nitrogens with zero attached hydrogens (tertiary/aromatic N) is 3. The normalized spacial score (nSPS) is 12.0. The third kappa shape index (κ3) is 3.91. The predicted octanol–water partition coefficient (Wildman–Crippen LogP) is 4.16. The minimum atomic E-state index is -0.333. The summed E-state index contributed by atoms with van der Waals surface area (Å²) in [6, 6.07) is 15.8. The standard InChI is InChI=1S/C19H18FN3OS/c1-14(18(24)22(2)16-8-4-3-5-9-16)25-19-21-11-12-23(19)17-10-6-7-15(20)13-17/h3-14H,1-2H3/t14-/m1/s1. The molecule has 0 radical (unpaired) electrons. The van der Waals surface area contributed by atoms with Crippen LogP contribution >= 0.6 is 11.8 Å². The Hall–Kier alpha value is -2.60. The highest BCUT2D eigenvalue weighted by Crippen LogP contribution is 2.27. The van der Waals surface area contributed by atoms with E-state index in [0.717, 1.165) is 5.69 Å². The third-order valence-corrected chi connectivity index (χ3v) is 4.87. The predicted molar refractivity (Wildman–Crippen MR) is 98.7 cm³/mol. The summed E-state index contributed by atoms with van der Waals surface area (Å²) in [5.74, 6) is -0.333. The quantitative estimate of drug-likeness (QED) is 0.645. The molecule has 4 nitrogen and oxygen atoms in total. The van der Waals surface area contributed by atoms with Crippen molar-refractivity contribution >= 4 is 23.4 Å². The molecule has 3 rings (SSSR count). The van der Waals surface area contributed by atoms with E-state index in [1.165, 1.54) is 23.9 Å². The molecule has 0 unspecified atom stereocenters. The van der Waals surface area contributed by atoms with Gasteiger partial charge in [-0.25, -0.2) is 9.37 Å². The Morgan fingerprint density at radius 1 is 1.20 bits per heavy atom. The summed E-state index contributed by atoms with van der Waals surface area (Å²) in [6.07, 6.45) is 3.40. The number of carbonyl (C=O) groups excluding carboxylic acids is 1. The van der Waals surface area contributed by atoms with Crippen LogP contribution in [0.1, 0.15) is 6.92 Å². The van der Waals surface area contributed by atoms with E-state index in [1.54, 1.807) is 41.0 Å². The Labute approximate surface area is 150 Å². The molecule has 6 heteroatoms. The van der Waals surface area contributed by atoms with Crippen LogP contribution in [0.15, 0.2) is 72.1 Å². The van der Waals surface area contributed by atoms with Crippen molar-refractivity contribution in [2.24, 2.45) is 0 Å². The fourth-order valence-corrected chi connectivity index (χ4v) is 3.44. The zero-order valence-electron chi connectivity index (χ0n) is 14.0. The van der Waals surface area contributed by atoms with E-state index in [2.05, 4.69) is 4.98 Å². The van der Waals surface area contributed by atoms with Crippen molar-refractivity contribution in [1.29, 1.82) is 0 Å². The van der Waals surface area contributed by atoms with Crippen molar-refractivity contribution in [2.45, 2.75) is 17.3 Å². The molecule has 2 aromatic carbocycles. The summed E-state index contributed by atoms with van der Waals surface area (Å²) in [5, 5.41) is 0.313. The highest BCUT2D eigenvalue weighted by atomic mass is 32.2. The van der Waals surface area contributed by atoms with Crippen LogP contribution in [0.5, 0.6) is 0 Å². The Bertz CT molecular complexity index is 866. The maximum absolute atomic E-state index is 13.5. The van der Waals surface area contributed by atoms with Gasteiger partial charge in [-0.1, -0.05) is 36.0 Å². The van der Waals surface area contributed by atoms with Gasteiger partial charge < -0.3 is 4.90 Å². The second-order valence-corrected chi connectivity index (χ2v) is 6.86. The molecule has 0 saturated heterocycles. The van der Waals surface area contributed by atoms with Crippen LogP contribution in [0.2, 0.25) is 0 Å². The van der Waals surface area contributed by atoms with E-state index in [1.807, 2.05) is 37.3 Å². The van der Waals surface area contributed by atoms with E-state index in [4.69, 9.17) is 0 Å². The Kier molecular flexibility index (Phi) is 5.19. The Morgan fingerprint density at radius 2 is 1.96 bits per heavy atom. The van der Waals surface area contributed by atoms with Gasteiger partial charge in [0.05, 0.1) is 10.9 Å². The lowest BCUT2D eigenvalue weighted by Gasteiger charge is -2.21. The molecule has 0 N–H and O–H groups in total. The van der Waals surface area contributed by atoms with Crippen LogP contribution in [0.4, 0.5) is 10.1 Å². The zero-order chi connectivity index (χ0) is 17.8. The molecule has 25 heavy (non-hydrogen) atoms. The SMILES string of the molecule is C[C@@H](Sc1nccn1-c1cccc(F)c1)C(=O)N(C)c1ccccc1. The van der Waals surface area contributed by atoms with Gasteiger partial charge in [0.15, 0.2) is 5.16 Å². The van der Waals surface area contributed by atoms with Gasteiger partial charge in [0, 0.05) is 25.1 Å². The van der Waals surface area contributed by atoms with Crippen molar-refractivity contribution in [3.8, 4) is 5.69 Å². The van der Waals surface area contributed by atoms with Crippen LogP contribution in [-0.4, -0.2) is 27.8 Å². The van der Waals surface area contributed by atoms with Crippen LogP contribution in [-0.2, 0) is 4.79 Å². The Morgan fingerprint density at radius 3 is 2.68 bits per heavy atom. The monoisotopic (exact) mass is 355 g/mol. The Balaban J connectivity index is 1.77. The number of imidazole rings is 1. The van der Waals surface area contributed by atoms with E-state index < -0.39 is 0 Å². The zero-order valence-corrected chi connectivity index (χ0v) is 14.8. The lowest BCUT2D eigenvalue weighted by molar-refractivity contribution is -0.117. The number of anilines is 1. The second kappa shape index (κ2) is 7.53. The van der Waals surface area contributed by atoms with Gasteiger partial charge in [-0.05, 0) is 37.3 Å². The van der Waals surface area contributed by atoms with E-state index in [-0.39, 0.29) is 17.0 Å². The molecule has 1 atom stereocenters. The fourth-order valence-electron chi connectivity index (χ4n) is 2.46. The second-order valence-electron chi connectivity index (χ2n) is 5.55. The number of halogens is 1. The molecular weight excluding hydrogens is 337 g/mol. The number of amides is 1. The first kappa shape index (κ1) is 17.2. The van der Waals surface area contributed by atoms with E-state index in [0.29, 0.717) is 10.8 Å². The number of thioether (sulfide) groups is 1. The van der Waals surface area contributed by atoms with Crippen LogP contribution in [0.25, 0.3) is 5.69 Å². The number of carbonyl (C=O) groups is 1. The average molecular weight is 355 g/mol. The van der Waals surface area contributed by atoms with Crippen LogP contribution in [0.3, 0.4) is 0 Å². The van der Waals surface area contributed by atoms with Gasteiger partial charge in [0.25, 0.3) is 0 Å². The van der Waals surface area contributed by atoms with Gasteiger partial charge in [0.1, 0.15) is 5.82 Å². The molecule has 1 aromatic heterocycles. The molecule has 1 heterocycles. The molecule has 0 fully saturated rings. The fraction of sp³-hybridized carbons (Fsp3) is 0.158. The summed E-state index contributed by atoms with van der Waals surface area (Å²) in [5.41, 5.74) is 1.52. The molecule has 0 aliphatic rings. The van der Waals surface area contributed by atoms with E-state index >= 15 is 0 Å². The number of para-hydroxylation sites is 1. The molecule has 0 spiro atoms. The smallest absolute Gasteiger partial charge is 0.240 e. The van der Waals surface area contributed by atoms with Crippen molar-refractivity contribution in [3.63, 3.8) is 0 Å². The minimum Gasteiger partial charge on any atom is -0.315 e. The summed E-state index contributed by atoms with van der Waals surface area (Å²) in [4.78, 5) is 18.6. The molecule has 128 valence electrons. The van der Waals surface area contributed by atoms with Gasteiger partial charge in [-0.3, -0.25) is 9.36 Å². The maximum Gasteiger partial charge on any atom is 0.240 e. The van der Waals surface area contributed by atoms with Crippen LogP contribution < -0.4 is 4.90 Å². The minimum absolute atomic E-state index is 0.0232. The number of aromatic nitrogens is 2. The van der Waals surface area contributed by atoms with Crippen molar-refractivity contribution < 1.29 is 9.18 Å². The van der Waals surface area contributed by atoms with Crippen LogP contribution in [0, 0.1) is 5.82 Å². The lowest BCUT2D eigenvalue weighted by atomic mass is 10.3. The summed E-state index contributed by atoms with van der Waals surface area (Å²) in [7, 11) is 1.76. The van der Waals surface area contributed by atoms with Gasteiger partial charge in [-0.2, -0.15) is 0 Å². The molecule has 1 amide bonds. The number of benzene rings is 2. The topological polar surface area (TPSA) is 38.1 Å². The largest absolute Gasteiger partial charge is 0.315 e. The molecule has 0 aliphatic heterocycles. The highest BCUT2D eigenvalue weighted by Gasteiger charge is 2.22. The third-order valence-electron chi connectivity index (χ3n) is 3.80. The first-order valence-electron chi connectivity index (χ1n) is 7.85. The molecule has 3 aromatic rings. The van der Waals surface area contributed by atoms with Crippen molar-refractivity contribution in [2.75, 3.05) is 11.9 Å². The van der Waals surface area contributed by atoms with Crippen molar-refractivity contribution in [3.05, 3.63) is 72.8 Å².